The topological polar surface area (TPSA) is 62.5 Å². The molecule has 47 heavy (non-hydrogen) atoms. The van der Waals surface area contributed by atoms with Crippen LogP contribution >= 0.6 is 0 Å². The van der Waals surface area contributed by atoms with E-state index >= 15 is 0 Å². The molecule has 1 aliphatic rings. The van der Waals surface area contributed by atoms with Crippen LogP contribution in [-0.2, 0) is 5.41 Å². The van der Waals surface area contributed by atoms with E-state index in [0.29, 0.717) is 23.0 Å². The molecule has 0 aliphatic heterocycles. The largest absolute Gasteiger partial charge is 0.208 e. The second-order valence-corrected chi connectivity index (χ2v) is 12.4. The SMILES string of the molecule is CC1(C)c2cc(C#N)ccc2-c2ccc(-c3ccccc3-c3nc(-c4ccccc4)nc(-c4ccc(-c5ccccc5)cc4)n3)cc21. The maximum atomic E-state index is 9.57. The van der Waals surface area contributed by atoms with Gasteiger partial charge in [0.2, 0.25) is 0 Å². The third-order valence-corrected chi connectivity index (χ3v) is 9.20. The van der Waals surface area contributed by atoms with Gasteiger partial charge in [0, 0.05) is 22.1 Å². The lowest BCUT2D eigenvalue weighted by atomic mass is 9.81. The highest BCUT2D eigenvalue weighted by molar-refractivity contribution is 5.87. The predicted molar refractivity (Wildman–Crippen MR) is 189 cm³/mol. The number of nitriles is 1. The van der Waals surface area contributed by atoms with Gasteiger partial charge in [-0.25, -0.2) is 15.0 Å². The molecule has 7 aromatic rings. The van der Waals surface area contributed by atoms with E-state index in [1.54, 1.807) is 0 Å². The van der Waals surface area contributed by atoms with Crippen molar-refractivity contribution in [1.82, 2.24) is 15.0 Å². The van der Waals surface area contributed by atoms with Crippen LogP contribution in [0.2, 0.25) is 0 Å². The van der Waals surface area contributed by atoms with Crippen LogP contribution < -0.4 is 0 Å². The van der Waals surface area contributed by atoms with E-state index < -0.39 is 0 Å². The third kappa shape index (κ3) is 4.99. The van der Waals surface area contributed by atoms with Gasteiger partial charge in [-0.15, -0.1) is 0 Å². The normalized spacial score (nSPS) is 12.6. The summed E-state index contributed by atoms with van der Waals surface area (Å²) in [4.78, 5) is 15.1. The van der Waals surface area contributed by atoms with Crippen LogP contribution in [0.4, 0.5) is 0 Å². The van der Waals surface area contributed by atoms with Gasteiger partial charge in [-0.05, 0) is 62.7 Å². The number of fused-ring (bicyclic) bond motifs is 3. The van der Waals surface area contributed by atoms with Crippen LogP contribution in [0, 0.1) is 11.3 Å². The Kier molecular flexibility index (Phi) is 6.82. The fourth-order valence-corrected chi connectivity index (χ4v) is 6.69. The standard InChI is InChI=1S/C43H30N4/c1-43(2)38-25-28(27-44)17-23-35(38)36-24-22-33(26-39(36)43)34-15-9-10-16-37(34)42-46-40(31-13-7-4-8-14-31)45-41(47-42)32-20-18-30(19-21-32)29-11-5-3-6-12-29/h3-26H,1-2H3. The molecule has 1 aliphatic carbocycles. The summed E-state index contributed by atoms with van der Waals surface area (Å²) in [6.45, 7) is 4.48. The van der Waals surface area contributed by atoms with Crippen LogP contribution in [0.3, 0.4) is 0 Å². The average Bonchev–Trinajstić information content (AvgIpc) is 3.37. The van der Waals surface area contributed by atoms with Gasteiger partial charge in [0.15, 0.2) is 17.5 Å². The fraction of sp³-hybridized carbons (Fsp3) is 0.0698. The molecule has 0 radical (unpaired) electrons. The minimum Gasteiger partial charge on any atom is -0.208 e. The lowest BCUT2D eigenvalue weighted by Gasteiger charge is -2.22. The summed E-state index contributed by atoms with van der Waals surface area (Å²) >= 11 is 0. The molecule has 1 heterocycles. The van der Waals surface area contributed by atoms with Gasteiger partial charge in [-0.3, -0.25) is 0 Å². The number of rotatable bonds is 5. The summed E-state index contributed by atoms with van der Waals surface area (Å²) in [5.74, 6) is 1.88. The van der Waals surface area contributed by atoms with Gasteiger partial charge >= 0.3 is 0 Å². The van der Waals surface area contributed by atoms with Crippen molar-refractivity contribution in [1.29, 1.82) is 5.26 Å². The van der Waals surface area contributed by atoms with Crippen molar-refractivity contribution in [2.45, 2.75) is 19.3 Å². The second-order valence-electron chi connectivity index (χ2n) is 12.4. The van der Waals surface area contributed by atoms with E-state index in [1.807, 2.05) is 54.6 Å². The molecule has 0 spiro atoms. The molecule has 0 fully saturated rings. The Labute approximate surface area is 274 Å². The number of benzene rings is 6. The quantitative estimate of drug-likeness (QED) is 0.197. The van der Waals surface area contributed by atoms with Crippen molar-refractivity contribution in [3.63, 3.8) is 0 Å². The molecule has 0 unspecified atom stereocenters. The highest BCUT2D eigenvalue weighted by atomic mass is 15.0. The first-order chi connectivity index (χ1) is 23.0. The van der Waals surface area contributed by atoms with E-state index in [9.17, 15) is 5.26 Å². The van der Waals surface area contributed by atoms with E-state index in [-0.39, 0.29) is 5.41 Å². The van der Waals surface area contributed by atoms with Crippen molar-refractivity contribution in [2.75, 3.05) is 0 Å². The minimum absolute atomic E-state index is 0.241. The molecule has 6 aromatic carbocycles. The van der Waals surface area contributed by atoms with Crippen LogP contribution in [0.5, 0.6) is 0 Å². The van der Waals surface area contributed by atoms with Crippen molar-refractivity contribution < 1.29 is 0 Å². The Bertz CT molecular complexity index is 2320. The summed E-state index contributed by atoms with van der Waals surface area (Å²) in [5.41, 5.74) is 12.5. The molecule has 222 valence electrons. The molecule has 0 amide bonds. The van der Waals surface area contributed by atoms with Gasteiger partial charge in [-0.2, -0.15) is 5.26 Å². The van der Waals surface area contributed by atoms with Crippen molar-refractivity contribution >= 4 is 0 Å². The van der Waals surface area contributed by atoms with Gasteiger partial charge < -0.3 is 0 Å². The maximum Gasteiger partial charge on any atom is 0.164 e. The van der Waals surface area contributed by atoms with Crippen molar-refractivity contribution in [3.05, 3.63) is 162 Å². The smallest absolute Gasteiger partial charge is 0.164 e. The summed E-state index contributed by atoms with van der Waals surface area (Å²) in [5, 5.41) is 9.57. The van der Waals surface area contributed by atoms with Crippen molar-refractivity contribution in [3.8, 4) is 73.6 Å². The average molecular weight is 603 g/mol. The molecular weight excluding hydrogens is 573 g/mol. The molecule has 0 atom stereocenters. The Hall–Kier alpha value is -6.18. The maximum absolute atomic E-state index is 9.57. The zero-order valence-corrected chi connectivity index (χ0v) is 26.1. The number of aromatic nitrogens is 3. The van der Waals surface area contributed by atoms with Gasteiger partial charge in [0.1, 0.15) is 0 Å². The lowest BCUT2D eigenvalue weighted by molar-refractivity contribution is 0.660. The highest BCUT2D eigenvalue weighted by Crippen LogP contribution is 2.50. The molecule has 0 saturated carbocycles. The van der Waals surface area contributed by atoms with Crippen LogP contribution in [0.1, 0.15) is 30.5 Å². The van der Waals surface area contributed by atoms with Crippen LogP contribution in [-0.4, -0.2) is 15.0 Å². The monoisotopic (exact) mass is 602 g/mol. The molecular formula is C43H30N4. The Morgan fingerprint density at radius 2 is 0.894 bits per heavy atom. The zero-order chi connectivity index (χ0) is 32.0. The summed E-state index contributed by atoms with van der Waals surface area (Å²) in [6.07, 6.45) is 0. The Morgan fingerprint density at radius 3 is 1.55 bits per heavy atom. The first-order valence-corrected chi connectivity index (χ1v) is 15.8. The zero-order valence-electron chi connectivity index (χ0n) is 26.1. The first kappa shape index (κ1) is 28.3. The summed E-state index contributed by atoms with van der Waals surface area (Å²) in [6, 6.07) is 52.2. The molecule has 1 aromatic heterocycles. The number of hydrogen-bond acceptors (Lipinski definition) is 4. The molecule has 8 rings (SSSR count). The number of hydrogen-bond donors (Lipinski definition) is 0. The van der Waals surface area contributed by atoms with E-state index in [4.69, 9.17) is 15.0 Å². The summed E-state index contributed by atoms with van der Waals surface area (Å²) < 4.78 is 0. The van der Waals surface area contributed by atoms with E-state index in [1.165, 1.54) is 27.8 Å². The molecule has 0 saturated heterocycles. The first-order valence-electron chi connectivity index (χ1n) is 15.8. The summed E-state index contributed by atoms with van der Waals surface area (Å²) in [7, 11) is 0. The minimum atomic E-state index is -0.241. The molecule has 0 N–H and O–H groups in total. The highest BCUT2D eigenvalue weighted by Gasteiger charge is 2.36. The fourth-order valence-electron chi connectivity index (χ4n) is 6.69. The van der Waals surface area contributed by atoms with Crippen LogP contribution in [0.15, 0.2) is 146 Å². The Morgan fingerprint density at radius 1 is 0.426 bits per heavy atom. The van der Waals surface area contributed by atoms with Gasteiger partial charge in [0.25, 0.3) is 0 Å². The predicted octanol–water partition coefficient (Wildman–Crippen LogP) is 10.4. The number of nitrogens with zero attached hydrogens (tertiary/aromatic N) is 4. The second kappa shape index (κ2) is 11.3. The van der Waals surface area contributed by atoms with E-state index in [0.717, 1.165) is 33.4 Å². The molecule has 0 bridgehead atoms. The Balaban J connectivity index is 1.25. The third-order valence-electron chi connectivity index (χ3n) is 9.20. The lowest BCUT2D eigenvalue weighted by Crippen LogP contribution is -2.15. The van der Waals surface area contributed by atoms with Gasteiger partial charge in [0.05, 0.1) is 11.6 Å². The van der Waals surface area contributed by atoms with Gasteiger partial charge in [-0.1, -0.05) is 141 Å². The molecule has 4 nitrogen and oxygen atoms in total. The van der Waals surface area contributed by atoms with Crippen molar-refractivity contribution in [2.24, 2.45) is 0 Å². The van der Waals surface area contributed by atoms with Crippen LogP contribution in [0.25, 0.3) is 67.5 Å². The molecule has 4 heteroatoms. The van der Waals surface area contributed by atoms with E-state index in [2.05, 4.69) is 111 Å².